The molecule has 2 fully saturated rings. The lowest BCUT2D eigenvalue weighted by molar-refractivity contribution is -0.384. The van der Waals surface area contributed by atoms with E-state index in [0.29, 0.717) is 11.3 Å². The number of nitriles is 1. The first-order valence-electron chi connectivity index (χ1n) is 6.28. The molecule has 6 nitrogen and oxygen atoms in total. The van der Waals surface area contributed by atoms with Crippen molar-refractivity contribution in [3.05, 3.63) is 33.9 Å². The molecule has 2 aliphatic heterocycles. The second-order valence-corrected chi connectivity index (χ2v) is 4.96. The third-order valence-electron chi connectivity index (χ3n) is 3.77. The average molecular weight is 259 g/mol. The van der Waals surface area contributed by atoms with Crippen molar-refractivity contribution in [3.63, 3.8) is 0 Å². The van der Waals surface area contributed by atoms with Crippen LogP contribution in [0.25, 0.3) is 0 Å². The fourth-order valence-corrected chi connectivity index (χ4v) is 2.87. The van der Waals surface area contributed by atoms with Crippen LogP contribution in [0.15, 0.2) is 18.2 Å². The minimum absolute atomic E-state index is 0.00164. The van der Waals surface area contributed by atoms with Crippen molar-refractivity contribution in [2.75, 3.05) is 5.32 Å². The van der Waals surface area contributed by atoms with E-state index in [2.05, 4.69) is 5.32 Å². The van der Waals surface area contributed by atoms with Gasteiger partial charge in [0.25, 0.3) is 5.69 Å². The summed E-state index contributed by atoms with van der Waals surface area (Å²) in [4.78, 5) is 10.6. The molecule has 0 aromatic heterocycles. The summed E-state index contributed by atoms with van der Waals surface area (Å²) in [6, 6.07) is 6.46. The Labute approximate surface area is 110 Å². The fraction of sp³-hybridized carbons (Fsp3) is 0.462. The van der Waals surface area contributed by atoms with Gasteiger partial charge in [-0.25, -0.2) is 0 Å². The first kappa shape index (κ1) is 11.9. The molecule has 0 radical (unpaired) electrons. The molecule has 98 valence electrons. The minimum Gasteiger partial charge on any atom is -0.374 e. The van der Waals surface area contributed by atoms with Gasteiger partial charge < -0.3 is 10.1 Å². The van der Waals surface area contributed by atoms with Crippen molar-refractivity contribution in [2.24, 2.45) is 0 Å². The number of hydrogen-bond donors (Lipinski definition) is 1. The van der Waals surface area contributed by atoms with Crippen molar-refractivity contribution in [3.8, 4) is 6.07 Å². The summed E-state index contributed by atoms with van der Waals surface area (Å²) < 4.78 is 5.72. The molecule has 1 aromatic carbocycles. The molecule has 0 amide bonds. The predicted octanol–water partition coefficient (Wildman–Crippen LogP) is 2.20. The van der Waals surface area contributed by atoms with Gasteiger partial charge in [-0.05, 0) is 31.4 Å². The van der Waals surface area contributed by atoms with E-state index in [0.717, 1.165) is 19.3 Å². The number of nitrogens with one attached hydrogen (secondary N) is 1. The van der Waals surface area contributed by atoms with Crippen molar-refractivity contribution in [2.45, 2.75) is 37.5 Å². The Morgan fingerprint density at radius 1 is 1.47 bits per heavy atom. The number of anilines is 1. The van der Waals surface area contributed by atoms with Crippen LogP contribution in [0.1, 0.15) is 24.8 Å². The predicted molar refractivity (Wildman–Crippen MR) is 67.7 cm³/mol. The summed E-state index contributed by atoms with van der Waals surface area (Å²) in [5.74, 6) is 0. The molecule has 0 aliphatic carbocycles. The van der Waals surface area contributed by atoms with Crippen LogP contribution >= 0.6 is 0 Å². The summed E-state index contributed by atoms with van der Waals surface area (Å²) in [6.07, 6.45) is 3.35. The van der Waals surface area contributed by atoms with Crippen LogP contribution in [0.3, 0.4) is 0 Å². The second kappa shape index (κ2) is 4.52. The zero-order chi connectivity index (χ0) is 13.4. The molecule has 0 spiro atoms. The summed E-state index contributed by atoms with van der Waals surface area (Å²) in [5, 5.41) is 23.1. The zero-order valence-corrected chi connectivity index (χ0v) is 10.2. The minimum atomic E-state index is -0.433. The van der Waals surface area contributed by atoms with Gasteiger partial charge >= 0.3 is 0 Å². The molecular weight excluding hydrogens is 246 g/mol. The van der Waals surface area contributed by atoms with Gasteiger partial charge in [0.1, 0.15) is 5.69 Å². The molecule has 2 saturated heterocycles. The van der Waals surface area contributed by atoms with Crippen molar-refractivity contribution in [1.29, 1.82) is 5.26 Å². The molecule has 6 heteroatoms. The number of rotatable bonds is 3. The Morgan fingerprint density at radius 3 is 2.89 bits per heavy atom. The third kappa shape index (κ3) is 2.13. The third-order valence-corrected chi connectivity index (χ3v) is 3.77. The SMILES string of the molecule is N#Cc1ccc([N+](=O)[O-])c(NC2CC3CCC2O3)c1. The van der Waals surface area contributed by atoms with Crippen LogP contribution < -0.4 is 5.32 Å². The molecular formula is C13H13N3O3. The number of nitro benzene ring substituents is 1. The quantitative estimate of drug-likeness (QED) is 0.664. The fourth-order valence-electron chi connectivity index (χ4n) is 2.87. The maximum Gasteiger partial charge on any atom is 0.292 e. The lowest BCUT2D eigenvalue weighted by Gasteiger charge is -2.21. The topological polar surface area (TPSA) is 88.2 Å². The summed E-state index contributed by atoms with van der Waals surface area (Å²) in [5.41, 5.74) is 0.823. The highest BCUT2D eigenvalue weighted by Gasteiger charge is 2.41. The van der Waals surface area contributed by atoms with Crippen LogP contribution in [0.2, 0.25) is 0 Å². The molecule has 2 heterocycles. The van der Waals surface area contributed by atoms with E-state index in [-0.39, 0.29) is 23.9 Å². The Balaban J connectivity index is 1.86. The summed E-state index contributed by atoms with van der Waals surface area (Å²) >= 11 is 0. The van der Waals surface area contributed by atoms with Gasteiger partial charge in [0, 0.05) is 6.07 Å². The molecule has 0 saturated carbocycles. The molecule has 3 unspecified atom stereocenters. The van der Waals surface area contributed by atoms with Gasteiger partial charge in [-0.15, -0.1) is 0 Å². The normalized spacial score (nSPS) is 28.1. The van der Waals surface area contributed by atoms with Crippen LogP contribution in [-0.2, 0) is 4.74 Å². The monoisotopic (exact) mass is 259 g/mol. The number of benzene rings is 1. The van der Waals surface area contributed by atoms with Crippen molar-refractivity contribution in [1.82, 2.24) is 0 Å². The number of ether oxygens (including phenoxy) is 1. The number of fused-ring (bicyclic) bond motifs is 2. The molecule has 1 aromatic rings. The molecule has 2 aliphatic rings. The summed E-state index contributed by atoms with van der Waals surface area (Å²) in [6.45, 7) is 0. The maximum absolute atomic E-state index is 11.0. The van der Waals surface area contributed by atoms with Gasteiger partial charge in [-0.2, -0.15) is 5.26 Å². The van der Waals surface area contributed by atoms with Crippen LogP contribution in [0, 0.1) is 21.4 Å². The average Bonchev–Trinajstić information content (AvgIpc) is 3.00. The Hall–Kier alpha value is -2.13. The standard InChI is InChI=1S/C13H13N3O3/c14-7-8-1-3-12(16(17)18)10(5-8)15-11-6-9-2-4-13(11)19-9/h1,3,5,9,11,13,15H,2,4,6H2. The Bertz CT molecular complexity index is 567. The van der Waals surface area contributed by atoms with Gasteiger partial charge in [-0.1, -0.05) is 0 Å². The van der Waals surface area contributed by atoms with Gasteiger partial charge in [-0.3, -0.25) is 10.1 Å². The van der Waals surface area contributed by atoms with Gasteiger partial charge in [0.15, 0.2) is 0 Å². The number of nitrogens with zero attached hydrogens (tertiary/aromatic N) is 2. The number of nitro groups is 1. The van der Waals surface area contributed by atoms with E-state index in [4.69, 9.17) is 10.00 Å². The van der Waals surface area contributed by atoms with Crippen molar-refractivity contribution >= 4 is 11.4 Å². The Kier molecular flexibility index (Phi) is 2.84. The van der Waals surface area contributed by atoms with E-state index in [1.54, 1.807) is 0 Å². The van der Waals surface area contributed by atoms with E-state index in [1.807, 2.05) is 6.07 Å². The smallest absolute Gasteiger partial charge is 0.292 e. The maximum atomic E-state index is 11.0. The number of hydrogen-bond acceptors (Lipinski definition) is 5. The van der Waals surface area contributed by atoms with Crippen LogP contribution in [-0.4, -0.2) is 23.2 Å². The van der Waals surface area contributed by atoms with E-state index in [1.165, 1.54) is 18.2 Å². The summed E-state index contributed by atoms with van der Waals surface area (Å²) in [7, 11) is 0. The lowest BCUT2D eigenvalue weighted by Crippen LogP contribution is -2.30. The Morgan fingerprint density at radius 2 is 2.32 bits per heavy atom. The van der Waals surface area contributed by atoms with Gasteiger partial charge in [0.05, 0.1) is 34.8 Å². The van der Waals surface area contributed by atoms with Gasteiger partial charge in [0.2, 0.25) is 0 Å². The highest BCUT2D eigenvalue weighted by Crippen LogP contribution is 2.37. The van der Waals surface area contributed by atoms with E-state index in [9.17, 15) is 10.1 Å². The molecule has 3 rings (SSSR count). The first-order chi connectivity index (χ1) is 9.17. The highest BCUT2D eigenvalue weighted by atomic mass is 16.6. The van der Waals surface area contributed by atoms with Crippen LogP contribution in [0.5, 0.6) is 0 Å². The first-order valence-corrected chi connectivity index (χ1v) is 6.28. The molecule has 2 bridgehead atoms. The molecule has 1 N–H and O–H groups in total. The largest absolute Gasteiger partial charge is 0.374 e. The molecule has 3 atom stereocenters. The lowest BCUT2D eigenvalue weighted by atomic mass is 9.95. The van der Waals surface area contributed by atoms with Crippen molar-refractivity contribution < 1.29 is 9.66 Å². The second-order valence-electron chi connectivity index (χ2n) is 4.96. The van der Waals surface area contributed by atoms with E-state index >= 15 is 0 Å². The van der Waals surface area contributed by atoms with Crippen LogP contribution in [0.4, 0.5) is 11.4 Å². The zero-order valence-electron chi connectivity index (χ0n) is 10.2. The molecule has 19 heavy (non-hydrogen) atoms. The van der Waals surface area contributed by atoms with E-state index < -0.39 is 4.92 Å². The highest BCUT2D eigenvalue weighted by molar-refractivity contribution is 5.65.